The molecule has 0 unspecified atom stereocenters. The molecule has 5 heteroatoms. The lowest BCUT2D eigenvalue weighted by Gasteiger charge is -2.07. The fourth-order valence-corrected chi connectivity index (χ4v) is 1.66. The van der Waals surface area contributed by atoms with Gasteiger partial charge in [-0.25, -0.2) is 15.8 Å². The van der Waals surface area contributed by atoms with E-state index in [1.807, 2.05) is 6.26 Å². The van der Waals surface area contributed by atoms with Gasteiger partial charge in [0.1, 0.15) is 17.2 Å². The van der Waals surface area contributed by atoms with Crippen LogP contribution in [0.15, 0.2) is 11.4 Å². The minimum atomic E-state index is 0.719. The molecule has 0 fully saturated rings. The average Bonchev–Trinajstić information content (AvgIpc) is 2.16. The Morgan fingerprint density at radius 1 is 1.58 bits per heavy atom. The first-order chi connectivity index (χ1) is 5.83. The second-order valence-electron chi connectivity index (χ2n) is 2.21. The van der Waals surface area contributed by atoms with E-state index in [0.717, 1.165) is 22.8 Å². The predicted octanol–water partition coefficient (Wildman–Crippen LogP) is 1.05. The first-order valence-corrected chi connectivity index (χ1v) is 4.90. The molecule has 1 aromatic rings. The van der Waals surface area contributed by atoms with Crippen molar-refractivity contribution in [3.8, 4) is 0 Å². The lowest BCUT2D eigenvalue weighted by Crippen LogP contribution is -2.12. The first kappa shape index (κ1) is 9.28. The van der Waals surface area contributed by atoms with Gasteiger partial charge in [0.2, 0.25) is 0 Å². The molecule has 0 aliphatic rings. The molecule has 0 aliphatic heterocycles. The van der Waals surface area contributed by atoms with Crippen LogP contribution in [0.4, 0.5) is 5.82 Å². The number of hydrogen-bond donors (Lipinski definition) is 2. The molecule has 0 saturated heterocycles. The van der Waals surface area contributed by atoms with Gasteiger partial charge in [0.15, 0.2) is 0 Å². The standard InChI is InChI=1S/C7H12N4S/c1-3-5-6(11-8)9-4-10-7(5)12-2/h4H,3,8H2,1-2H3,(H,9,10,11). The minimum Gasteiger partial charge on any atom is -0.308 e. The van der Waals surface area contributed by atoms with E-state index in [4.69, 9.17) is 5.84 Å². The molecular weight excluding hydrogens is 172 g/mol. The van der Waals surface area contributed by atoms with Crippen molar-refractivity contribution in [3.05, 3.63) is 11.9 Å². The zero-order valence-corrected chi connectivity index (χ0v) is 7.98. The van der Waals surface area contributed by atoms with Gasteiger partial charge in [-0.2, -0.15) is 0 Å². The maximum Gasteiger partial charge on any atom is 0.147 e. The molecule has 4 nitrogen and oxygen atoms in total. The van der Waals surface area contributed by atoms with Crippen LogP contribution in [-0.4, -0.2) is 16.2 Å². The summed E-state index contributed by atoms with van der Waals surface area (Å²) in [5.41, 5.74) is 3.63. The van der Waals surface area contributed by atoms with Crippen molar-refractivity contribution in [1.82, 2.24) is 9.97 Å². The number of aromatic nitrogens is 2. The van der Waals surface area contributed by atoms with E-state index in [1.165, 1.54) is 6.33 Å². The lowest BCUT2D eigenvalue weighted by molar-refractivity contribution is 0.943. The van der Waals surface area contributed by atoms with Crippen molar-refractivity contribution in [3.63, 3.8) is 0 Å². The van der Waals surface area contributed by atoms with Gasteiger partial charge in [0.25, 0.3) is 0 Å². The second kappa shape index (κ2) is 4.27. The second-order valence-corrected chi connectivity index (χ2v) is 3.00. The third kappa shape index (κ3) is 1.67. The summed E-state index contributed by atoms with van der Waals surface area (Å²) < 4.78 is 0. The maximum atomic E-state index is 5.30. The first-order valence-electron chi connectivity index (χ1n) is 3.68. The summed E-state index contributed by atoms with van der Waals surface area (Å²) in [6.45, 7) is 2.05. The maximum absolute atomic E-state index is 5.30. The van der Waals surface area contributed by atoms with Gasteiger partial charge < -0.3 is 5.43 Å². The number of hydrazine groups is 1. The minimum absolute atomic E-state index is 0.719. The monoisotopic (exact) mass is 184 g/mol. The SMILES string of the molecule is CCc1c(NN)ncnc1SC. The summed E-state index contributed by atoms with van der Waals surface area (Å²) in [7, 11) is 0. The van der Waals surface area contributed by atoms with Crippen LogP contribution in [0.1, 0.15) is 12.5 Å². The van der Waals surface area contributed by atoms with Crippen molar-refractivity contribution in [2.24, 2.45) is 5.84 Å². The van der Waals surface area contributed by atoms with Crippen LogP contribution in [0.2, 0.25) is 0 Å². The molecule has 1 aromatic heterocycles. The highest BCUT2D eigenvalue weighted by atomic mass is 32.2. The molecule has 0 aliphatic carbocycles. The number of nitrogens with two attached hydrogens (primary N) is 1. The molecule has 0 atom stereocenters. The molecular formula is C7H12N4S. The number of hydrogen-bond acceptors (Lipinski definition) is 5. The van der Waals surface area contributed by atoms with Crippen LogP contribution < -0.4 is 11.3 Å². The molecule has 0 aromatic carbocycles. The molecule has 12 heavy (non-hydrogen) atoms. The van der Waals surface area contributed by atoms with Crippen LogP contribution >= 0.6 is 11.8 Å². The zero-order valence-electron chi connectivity index (χ0n) is 7.16. The van der Waals surface area contributed by atoms with Gasteiger partial charge in [0.05, 0.1) is 0 Å². The topological polar surface area (TPSA) is 63.8 Å². The van der Waals surface area contributed by atoms with Crippen LogP contribution in [0.25, 0.3) is 0 Å². The van der Waals surface area contributed by atoms with Crippen molar-refractivity contribution in [2.45, 2.75) is 18.4 Å². The summed E-state index contributed by atoms with van der Waals surface area (Å²) in [6, 6.07) is 0. The van der Waals surface area contributed by atoms with E-state index in [0.29, 0.717) is 0 Å². The molecule has 3 N–H and O–H groups in total. The summed E-state index contributed by atoms with van der Waals surface area (Å²) in [6.07, 6.45) is 4.39. The van der Waals surface area contributed by atoms with Crippen LogP contribution in [0.5, 0.6) is 0 Å². The lowest BCUT2D eigenvalue weighted by atomic mass is 10.2. The highest BCUT2D eigenvalue weighted by molar-refractivity contribution is 7.98. The highest BCUT2D eigenvalue weighted by Crippen LogP contribution is 2.22. The van der Waals surface area contributed by atoms with Crippen LogP contribution in [-0.2, 0) is 6.42 Å². The number of nitrogens with zero attached hydrogens (tertiary/aromatic N) is 2. The largest absolute Gasteiger partial charge is 0.308 e. The number of thioether (sulfide) groups is 1. The van der Waals surface area contributed by atoms with Crippen molar-refractivity contribution >= 4 is 17.6 Å². The Labute approximate surface area is 75.9 Å². The van der Waals surface area contributed by atoms with E-state index in [9.17, 15) is 0 Å². The Balaban J connectivity index is 3.13. The highest BCUT2D eigenvalue weighted by Gasteiger charge is 2.06. The van der Waals surface area contributed by atoms with Crippen molar-refractivity contribution in [2.75, 3.05) is 11.7 Å². The van der Waals surface area contributed by atoms with Crippen LogP contribution in [0, 0.1) is 0 Å². The fraction of sp³-hybridized carbons (Fsp3) is 0.429. The average molecular weight is 184 g/mol. The normalized spacial score (nSPS) is 9.92. The van der Waals surface area contributed by atoms with E-state index in [1.54, 1.807) is 11.8 Å². The number of anilines is 1. The van der Waals surface area contributed by atoms with E-state index < -0.39 is 0 Å². The Kier molecular flexibility index (Phi) is 3.31. The Hall–Kier alpha value is -0.810. The quantitative estimate of drug-likeness (QED) is 0.318. The Morgan fingerprint density at radius 3 is 2.83 bits per heavy atom. The van der Waals surface area contributed by atoms with Crippen molar-refractivity contribution in [1.29, 1.82) is 0 Å². The predicted molar refractivity (Wildman–Crippen MR) is 51.0 cm³/mol. The summed E-state index contributed by atoms with van der Waals surface area (Å²) in [5.74, 6) is 6.02. The summed E-state index contributed by atoms with van der Waals surface area (Å²) >= 11 is 1.60. The van der Waals surface area contributed by atoms with Gasteiger partial charge in [-0.15, -0.1) is 11.8 Å². The zero-order chi connectivity index (χ0) is 8.97. The fourth-order valence-electron chi connectivity index (χ4n) is 1.02. The summed E-state index contributed by atoms with van der Waals surface area (Å²) in [5, 5.41) is 0.987. The van der Waals surface area contributed by atoms with Gasteiger partial charge >= 0.3 is 0 Å². The van der Waals surface area contributed by atoms with Crippen LogP contribution in [0.3, 0.4) is 0 Å². The third-order valence-electron chi connectivity index (χ3n) is 1.59. The molecule has 1 heterocycles. The van der Waals surface area contributed by atoms with E-state index in [2.05, 4.69) is 22.3 Å². The Morgan fingerprint density at radius 2 is 2.33 bits per heavy atom. The number of rotatable bonds is 3. The molecule has 66 valence electrons. The van der Waals surface area contributed by atoms with E-state index >= 15 is 0 Å². The number of nitrogen functional groups attached to an aromatic ring is 1. The summed E-state index contributed by atoms with van der Waals surface area (Å²) in [4.78, 5) is 8.15. The molecule has 0 spiro atoms. The van der Waals surface area contributed by atoms with Gasteiger partial charge in [-0.05, 0) is 12.7 Å². The van der Waals surface area contributed by atoms with Gasteiger partial charge in [-0.1, -0.05) is 6.92 Å². The number of nitrogens with one attached hydrogen (secondary N) is 1. The molecule has 0 amide bonds. The molecule has 0 radical (unpaired) electrons. The van der Waals surface area contributed by atoms with Gasteiger partial charge in [0, 0.05) is 5.56 Å². The third-order valence-corrected chi connectivity index (χ3v) is 2.33. The smallest absolute Gasteiger partial charge is 0.147 e. The Bertz CT molecular complexity index is 241. The van der Waals surface area contributed by atoms with Gasteiger partial charge in [-0.3, -0.25) is 0 Å². The van der Waals surface area contributed by atoms with Crippen molar-refractivity contribution < 1.29 is 0 Å². The van der Waals surface area contributed by atoms with E-state index in [-0.39, 0.29) is 0 Å². The molecule has 0 saturated carbocycles. The molecule has 1 rings (SSSR count). The molecule has 0 bridgehead atoms.